The van der Waals surface area contributed by atoms with Crippen molar-refractivity contribution < 1.29 is 9.84 Å². The van der Waals surface area contributed by atoms with Crippen LogP contribution in [0.1, 0.15) is 89.5 Å². The van der Waals surface area contributed by atoms with Gasteiger partial charge < -0.3 is 14.7 Å². The molecule has 186 valence electrons. The monoisotopic (exact) mass is 463 g/mol. The number of hydrogen-bond donors (Lipinski definition) is 1. The van der Waals surface area contributed by atoms with E-state index in [-0.39, 0.29) is 10.8 Å². The third-order valence-electron chi connectivity index (χ3n) is 11.4. The number of benzene rings is 1. The number of nitrogens with zero attached hydrogens (tertiary/aromatic N) is 1. The smallest absolute Gasteiger partial charge is 0.0759 e. The minimum absolute atomic E-state index is 0.00296. The molecule has 1 N–H and O–H groups in total. The molecule has 3 heteroatoms. The molecule has 0 bridgehead atoms. The summed E-state index contributed by atoms with van der Waals surface area (Å²) in [6, 6.07) is 11.0. The van der Waals surface area contributed by atoms with E-state index in [0.717, 1.165) is 51.7 Å². The van der Waals surface area contributed by atoms with Crippen molar-refractivity contribution in [2.75, 3.05) is 26.2 Å². The standard InChI is InChI=1S/C31H45NO2/c1-29-15-12-25(34-21-20-32-18-6-7-19-32)22-24(29)10-11-28-27(29)13-16-30(2)26(14-17-31(28,30)33)23-8-4-3-5-9-23/h3-5,8-9,22,25-28,33H,6-7,10-21H2,1-2H3/t25?,26-,27+,28-,29+,30-,31+/m1/s1. The van der Waals surface area contributed by atoms with Gasteiger partial charge in [-0.2, -0.15) is 0 Å². The summed E-state index contributed by atoms with van der Waals surface area (Å²) in [4.78, 5) is 2.55. The van der Waals surface area contributed by atoms with E-state index in [0.29, 0.717) is 23.9 Å². The Morgan fingerprint density at radius 2 is 1.74 bits per heavy atom. The van der Waals surface area contributed by atoms with Crippen molar-refractivity contribution in [1.29, 1.82) is 0 Å². The molecule has 3 saturated carbocycles. The van der Waals surface area contributed by atoms with Crippen LogP contribution in [-0.2, 0) is 4.74 Å². The number of likely N-dealkylation sites (tertiary alicyclic amines) is 1. The van der Waals surface area contributed by atoms with Gasteiger partial charge in [0.1, 0.15) is 0 Å². The van der Waals surface area contributed by atoms with Gasteiger partial charge in [0.15, 0.2) is 0 Å². The van der Waals surface area contributed by atoms with Gasteiger partial charge in [-0.3, -0.25) is 0 Å². The van der Waals surface area contributed by atoms with Gasteiger partial charge in [0.25, 0.3) is 0 Å². The Morgan fingerprint density at radius 3 is 2.53 bits per heavy atom. The van der Waals surface area contributed by atoms with Crippen LogP contribution < -0.4 is 0 Å². The van der Waals surface area contributed by atoms with Crippen molar-refractivity contribution in [3.05, 3.63) is 47.5 Å². The molecule has 7 atom stereocenters. The predicted octanol–water partition coefficient (Wildman–Crippen LogP) is 6.33. The molecule has 4 fully saturated rings. The lowest BCUT2D eigenvalue weighted by Gasteiger charge is -2.62. The average molecular weight is 464 g/mol. The zero-order chi connectivity index (χ0) is 23.4. The van der Waals surface area contributed by atoms with Crippen molar-refractivity contribution in [1.82, 2.24) is 4.90 Å². The van der Waals surface area contributed by atoms with Gasteiger partial charge in [-0.05, 0) is 106 Å². The molecule has 0 amide bonds. The first-order valence-corrected chi connectivity index (χ1v) is 14.3. The largest absolute Gasteiger partial charge is 0.389 e. The van der Waals surface area contributed by atoms with Crippen LogP contribution in [-0.4, -0.2) is 48.0 Å². The van der Waals surface area contributed by atoms with Crippen molar-refractivity contribution in [3.8, 4) is 0 Å². The van der Waals surface area contributed by atoms with Crippen molar-refractivity contribution in [3.63, 3.8) is 0 Å². The van der Waals surface area contributed by atoms with Crippen LogP contribution in [0.4, 0.5) is 0 Å². The van der Waals surface area contributed by atoms with Crippen molar-refractivity contribution >= 4 is 0 Å². The highest BCUT2D eigenvalue weighted by Crippen LogP contribution is 2.70. The van der Waals surface area contributed by atoms with E-state index < -0.39 is 5.60 Å². The van der Waals surface area contributed by atoms with Crippen LogP contribution in [0.25, 0.3) is 0 Å². The molecule has 3 nitrogen and oxygen atoms in total. The summed E-state index contributed by atoms with van der Waals surface area (Å²) >= 11 is 0. The Hall–Kier alpha value is -1.16. The second-order valence-corrected chi connectivity index (χ2v) is 12.7. The van der Waals surface area contributed by atoms with Crippen LogP contribution in [0.2, 0.25) is 0 Å². The van der Waals surface area contributed by atoms with Gasteiger partial charge in [-0.1, -0.05) is 55.8 Å². The lowest BCUT2D eigenvalue weighted by molar-refractivity contribution is -0.178. The molecule has 1 saturated heterocycles. The van der Waals surface area contributed by atoms with Crippen LogP contribution in [0, 0.1) is 22.7 Å². The third-order valence-corrected chi connectivity index (χ3v) is 11.4. The Labute approximate surface area is 207 Å². The van der Waals surface area contributed by atoms with Gasteiger partial charge in [0.05, 0.1) is 18.3 Å². The highest BCUT2D eigenvalue weighted by molar-refractivity contribution is 5.32. The summed E-state index contributed by atoms with van der Waals surface area (Å²) in [7, 11) is 0. The van der Waals surface area contributed by atoms with E-state index >= 15 is 0 Å². The molecule has 34 heavy (non-hydrogen) atoms. The highest BCUT2D eigenvalue weighted by atomic mass is 16.5. The van der Waals surface area contributed by atoms with Crippen LogP contribution in [0.3, 0.4) is 0 Å². The zero-order valence-electron chi connectivity index (χ0n) is 21.5. The fraction of sp³-hybridized carbons (Fsp3) is 0.742. The Kier molecular flexibility index (Phi) is 5.98. The Balaban J connectivity index is 1.18. The fourth-order valence-electron chi connectivity index (χ4n) is 9.36. The molecule has 0 aromatic heterocycles. The molecule has 1 aromatic carbocycles. The van der Waals surface area contributed by atoms with Crippen LogP contribution in [0.15, 0.2) is 42.0 Å². The summed E-state index contributed by atoms with van der Waals surface area (Å²) in [5, 5.41) is 12.4. The lowest BCUT2D eigenvalue weighted by atomic mass is 9.45. The minimum Gasteiger partial charge on any atom is -0.389 e. The van der Waals surface area contributed by atoms with Crippen LogP contribution >= 0.6 is 0 Å². The topological polar surface area (TPSA) is 32.7 Å². The lowest BCUT2D eigenvalue weighted by Crippen LogP contribution is -2.60. The summed E-state index contributed by atoms with van der Waals surface area (Å²) in [6.07, 6.45) is 14.7. The summed E-state index contributed by atoms with van der Waals surface area (Å²) in [5.41, 5.74) is 2.82. The van der Waals surface area contributed by atoms with E-state index in [2.05, 4.69) is 55.2 Å². The normalized spacial score (nSPS) is 44.3. The molecule has 4 aliphatic carbocycles. The fourth-order valence-corrected chi connectivity index (χ4v) is 9.36. The van der Waals surface area contributed by atoms with Crippen molar-refractivity contribution in [2.45, 2.75) is 95.7 Å². The molecule has 1 aromatic rings. The van der Waals surface area contributed by atoms with E-state index in [9.17, 15) is 5.11 Å². The molecule has 0 radical (unpaired) electrons. The van der Waals surface area contributed by atoms with E-state index in [1.54, 1.807) is 5.57 Å². The average Bonchev–Trinajstić information content (AvgIpc) is 3.45. The van der Waals surface area contributed by atoms with Gasteiger partial charge >= 0.3 is 0 Å². The summed E-state index contributed by atoms with van der Waals surface area (Å²) < 4.78 is 6.38. The Bertz CT molecular complexity index is 907. The summed E-state index contributed by atoms with van der Waals surface area (Å²) in [5.74, 6) is 1.55. The van der Waals surface area contributed by atoms with Gasteiger partial charge in [0.2, 0.25) is 0 Å². The molecular formula is C31H45NO2. The highest BCUT2D eigenvalue weighted by Gasteiger charge is 2.66. The minimum atomic E-state index is -0.520. The molecular weight excluding hydrogens is 418 g/mol. The number of hydrogen-bond acceptors (Lipinski definition) is 3. The molecule has 6 rings (SSSR count). The number of ether oxygens (including phenoxy) is 1. The number of allylic oxidation sites excluding steroid dienone is 1. The summed E-state index contributed by atoms with van der Waals surface area (Å²) in [6.45, 7) is 9.43. The predicted molar refractivity (Wildman–Crippen MR) is 138 cm³/mol. The maximum atomic E-state index is 12.4. The first-order chi connectivity index (χ1) is 16.4. The van der Waals surface area contributed by atoms with Gasteiger partial charge in [-0.25, -0.2) is 0 Å². The maximum Gasteiger partial charge on any atom is 0.0759 e. The molecule has 0 spiro atoms. The zero-order valence-corrected chi connectivity index (χ0v) is 21.5. The second kappa shape index (κ2) is 8.75. The molecule has 5 aliphatic rings. The SMILES string of the molecule is C[C@]12CCC(OCCN3CCCC3)C=C1CC[C@@H]1[C@@H]2CC[C@]2(C)[C@@H](c3ccccc3)CC[C@]12O. The van der Waals surface area contributed by atoms with E-state index in [4.69, 9.17) is 4.74 Å². The third kappa shape index (κ3) is 3.56. The first kappa shape index (κ1) is 23.3. The quantitative estimate of drug-likeness (QED) is 0.518. The maximum absolute atomic E-state index is 12.4. The molecule has 1 aliphatic heterocycles. The van der Waals surface area contributed by atoms with E-state index in [1.165, 1.54) is 44.3 Å². The van der Waals surface area contributed by atoms with Gasteiger partial charge in [-0.15, -0.1) is 0 Å². The van der Waals surface area contributed by atoms with E-state index in [1.807, 2.05) is 0 Å². The number of rotatable bonds is 5. The molecule has 1 heterocycles. The number of fused-ring (bicyclic) bond motifs is 5. The molecule has 1 unspecified atom stereocenters. The van der Waals surface area contributed by atoms with Crippen LogP contribution in [0.5, 0.6) is 0 Å². The first-order valence-electron chi connectivity index (χ1n) is 14.3. The number of aliphatic hydroxyl groups is 1. The van der Waals surface area contributed by atoms with Gasteiger partial charge in [0, 0.05) is 12.0 Å². The Morgan fingerprint density at radius 1 is 0.941 bits per heavy atom. The second-order valence-electron chi connectivity index (χ2n) is 12.7. The van der Waals surface area contributed by atoms with Crippen molar-refractivity contribution in [2.24, 2.45) is 22.7 Å².